The average molecular weight is 667 g/mol. The lowest BCUT2D eigenvalue weighted by molar-refractivity contribution is 1.18. The van der Waals surface area contributed by atoms with E-state index >= 15 is 0 Å². The van der Waals surface area contributed by atoms with Crippen LogP contribution in [0.3, 0.4) is 0 Å². The number of benzene rings is 8. The van der Waals surface area contributed by atoms with E-state index in [-0.39, 0.29) is 0 Å². The predicted octanol–water partition coefficient (Wildman–Crippen LogP) is 13.6. The fourth-order valence-corrected chi connectivity index (χ4v) is 9.31. The number of aromatic nitrogens is 2. The van der Waals surface area contributed by atoms with Gasteiger partial charge < -0.3 is 9.13 Å². The molecule has 0 saturated carbocycles. The van der Waals surface area contributed by atoms with Gasteiger partial charge in [0.25, 0.3) is 0 Å². The van der Waals surface area contributed by atoms with Crippen LogP contribution in [0.4, 0.5) is 0 Å². The molecule has 0 aliphatic rings. The Hall–Kier alpha value is -6.42. The first kappa shape index (κ1) is 28.4. The monoisotopic (exact) mass is 666 g/mol. The number of rotatable bonds is 4. The van der Waals surface area contributed by atoms with Gasteiger partial charge in [0.15, 0.2) is 0 Å². The number of nitrogens with zero attached hydrogens (tertiary/aromatic N) is 2. The molecule has 0 aliphatic carbocycles. The van der Waals surface area contributed by atoms with Gasteiger partial charge in [0.2, 0.25) is 0 Å². The number of fused-ring (bicyclic) bond motifs is 9. The Kier molecular flexibility index (Phi) is 6.16. The normalized spacial score (nSPS) is 11.9. The van der Waals surface area contributed by atoms with Crippen molar-refractivity contribution in [3.05, 3.63) is 182 Å². The third kappa shape index (κ3) is 4.29. The number of thiophene rings is 1. The SMILES string of the molecule is c1ccc(-c2cccc3c4ccccc4n(-c4ccc(-c5ccc6c7ccccc7n(-c7ccc8sc9ccccc9c8c7)c6c5)cc4)c23)cc1. The second-order valence-electron chi connectivity index (χ2n) is 13.3. The van der Waals surface area contributed by atoms with Crippen LogP contribution in [-0.2, 0) is 0 Å². The van der Waals surface area contributed by atoms with Gasteiger partial charge in [0.1, 0.15) is 0 Å². The van der Waals surface area contributed by atoms with Crippen molar-refractivity contribution in [2.75, 3.05) is 0 Å². The molecule has 0 unspecified atom stereocenters. The van der Waals surface area contributed by atoms with E-state index in [4.69, 9.17) is 0 Å². The van der Waals surface area contributed by atoms with Crippen LogP contribution >= 0.6 is 11.3 Å². The van der Waals surface area contributed by atoms with Crippen molar-refractivity contribution in [2.45, 2.75) is 0 Å². The first-order valence-electron chi connectivity index (χ1n) is 17.4. The van der Waals surface area contributed by atoms with E-state index in [1.807, 2.05) is 11.3 Å². The van der Waals surface area contributed by atoms with Crippen LogP contribution in [0.25, 0.3) is 97.4 Å². The Balaban J connectivity index is 1.08. The van der Waals surface area contributed by atoms with Crippen LogP contribution in [0.5, 0.6) is 0 Å². The van der Waals surface area contributed by atoms with Gasteiger partial charge in [-0.2, -0.15) is 0 Å². The van der Waals surface area contributed by atoms with Crippen LogP contribution in [0.15, 0.2) is 182 Å². The molecular formula is C48H30N2S. The first-order valence-corrected chi connectivity index (χ1v) is 18.3. The summed E-state index contributed by atoms with van der Waals surface area (Å²) in [4.78, 5) is 0. The molecule has 3 heterocycles. The van der Waals surface area contributed by atoms with Crippen LogP contribution < -0.4 is 0 Å². The van der Waals surface area contributed by atoms with E-state index in [2.05, 4.69) is 191 Å². The summed E-state index contributed by atoms with van der Waals surface area (Å²) in [6.45, 7) is 0. The predicted molar refractivity (Wildman–Crippen MR) is 219 cm³/mol. The second-order valence-corrected chi connectivity index (χ2v) is 14.4. The summed E-state index contributed by atoms with van der Waals surface area (Å²) in [5, 5.41) is 7.70. The molecule has 8 aromatic carbocycles. The van der Waals surface area contributed by atoms with Gasteiger partial charge in [-0.15, -0.1) is 11.3 Å². The Morgan fingerprint density at radius 2 is 0.922 bits per heavy atom. The van der Waals surface area contributed by atoms with Gasteiger partial charge in [0.05, 0.1) is 22.1 Å². The fraction of sp³-hybridized carbons (Fsp3) is 0. The molecule has 0 amide bonds. The Labute approximate surface area is 298 Å². The molecule has 238 valence electrons. The number of hydrogen-bond donors (Lipinski definition) is 0. The molecule has 2 nitrogen and oxygen atoms in total. The van der Waals surface area contributed by atoms with Gasteiger partial charge in [-0.3, -0.25) is 0 Å². The maximum atomic E-state index is 2.44. The highest BCUT2D eigenvalue weighted by atomic mass is 32.1. The third-order valence-corrected chi connectivity index (χ3v) is 11.7. The molecule has 0 aliphatic heterocycles. The zero-order valence-electron chi connectivity index (χ0n) is 27.6. The summed E-state index contributed by atoms with van der Waals surface area (Å²) in [5.41, 5.74) is 12.1. The molecule has 0 atom stereocenters. The minimum Gasteiger partial charge on any atom is -0.309 e. The molecule has 0 N–H and O–H groups in total. The summed E-state index contributed by atoms with van der Waals surface area (Å²) in [6, 6.07) is 66.7. The van der Waals surface area contributed by atoms with E-state index in [1.54, 1.807) is 0 Å². The standard InChI is InChI=1S/C48H30N2S/c1-2-11-32(12-3-1)36-16-10-17-41-38-14-5-8-19-44(38)50(48(36)41)34-24-21-31(22-25-34)33-23-27-39-37-13-4-7-18-43(37)49(45(39)29-33)35-26-28-47-42(30-35)40-15-6-9-20-46(40)51-47/h1-30H. The maximum Gasteiger partial charge on any atom is 0.0619 e. The van der Waals surface area contributed by atoms with Crippen LogP contribution in [0, 0.1) is 0 Å². The van der Waals surface area contributed by atoms with E-state index in [1.165, 1.54) is 91.7 Å². The molecule has 11 rings (SSSR count). The quantitative estimate of drug-likeness (QED) is 0.177. The summed E-state index contributed by atoms with van der Waals surface area (Å²) in [6.07, 6.45) is 0. The van der Waals surface area contributed by atoms with Gasteiger partial charge in [-0.25, -0.2) is 0 Å². The van der Waals surface area contributed by atoms with Crippen molar-refractivity contribution in [2.24, 2.45) is 0 Å². The summed E-state index contributed by atoms with van der Waals surface area (Å²) < 4.78 is 7.52. The summed E-state index contributed by atoms with van der Waals surface area (Å²) >= 11 is 1.86. The topological polar surface area (TPSA) is 9.86 Å². The minimum absolute atomic E-state index is 1.15. The van der Waals surface area contributed by atoms with Crippen molar-refractivity contribution in [3.63, 3.8) is 0 Å². The molecular weight excluding hydrogens is 637 g/mol. The van der Waals surface area contributed by atoms with Gasteiger partial charge >= 0.3 is 0 Å². The maximum absolute atomic E-state index is 2.44. The Morgan fingerprint density at radius 1 is 0.314 bits per heavy atom. The van der Waals surface area contributed by atoms with Crippen molar-refractivity contribution in [3.8, 4) is 33.6 Å². The largest absolute Gasteiger partial charge is 0.309 e. The second kappa shape index (κ2) is 11.0. The Morgan fingerprint density at radius 3 is 1.75 bits per heavy atom. The molecule has 3 aromatic heterocycles. The highest BCUT2D eigenvalue weighted by Gasteiger charge is 2.18. The van der Waals surface area contributed by atoms with Crippen LogP contribution in [0.2, 0.25) is 0 Å². The molecule has 51 heavy (non-hydrogen) atoms. The van der Waals surface area contributed by atoms with E-state index in [9.17, 15) is 0 Å². The van der Waals surface area contributed by atoms with Crippen molar-refractivity contribution < 1.29 is 0 Å². The number of para-hydroxylation sites is 3. The lowest BCUT2D eigenvalue weighted by Crippen LogP contribution is -1.96. The third-order valence-electron chi connectivity index (χ3n) is 10.5. The summed E-state index contributed by atoms with van der Waals surface area (Å²) in [7, 11) is 0. The lowest BCUT2D eigenvalue weighted by Gasteiger charge is -2.13. The molecule has 0 radical (unpaired) electrons. The van der Waals surface area contributed by atoms with Crippen molar-refractivity contribution in [1.82, 2.24) is 9.13 Å². The van der Waals surface area contributed by atoms with Gasteiger partial charge in [0, 0.05) is 58.7 Å². The highest BCUT2D eigenvalue weighted by Crippen LogP contribution is 2.41. The fourth-order valence-electron chi connectivity index (χ4n) is 8.22. The first-order chi connectivity index (χ1) is 25.3. The van der Waals surface area contributed by atoms with Gasteiger partial charge in [-0.1, -0.05) is 127 Å². The molecule has 0 saturated heterocycles. The molecule has 0 spiro atoms. The molecule has 3 heteroatoms. The molecule has 11 aromatic rings. The number of hydrogen-bond acceptors (Lipinski definition) is 1. The van der Waals surface area contributed by atoms with E-state index in [0.29, 0.717) is 0 Å². The van der Waals surface area contributed by atoms with Crippen LogP contribution in [-0.4, -0.2) is 9.13 Å². The van der Waals surface area contributed by atoms with E-state index in [0.717, 1.165) is 5.69 Å². The molecule has 0 bridgehead atoms. The lowest BCUT2D eigenvalue weighted by atomic mass is 10.0. The van der Waals surface area contributed by atoms with Crippen molar-refractivity contribution in [1.29, 1.82) is 0 Å². The van der Waals surface area contributed by atoms with Crippen LogP contribution in [0.1, 0.15) is 0 Å². The Bertz CT molecular complexity index is 3120. The summed E-state index contributed by atoms with van der Waals surface area (Å²) in [5.74, 6) is 0. The molecule has 0 fully saturated rings. The zero-order chi connectivity index (χ0) is 33.5. The average Bonchev–Trinajstić information content (AvgIpc) is 3.85. The highest BCUT2D eigenvalue weighted by molar-refractivity contribution is 7.25. The van der Waals surface area contributed by atoms with Gasteiger partial charge in [-0.05, 0) is 71.3 Å². The zero-order valence-corrected chi connectivity index (χ0v) is 28.4. The van der Waals surface area contributed by atoms with E-state index < -0.39 is 0 Å². The minimum atomic E-state index is 1.15. The smallest absolute Gasteiger partial charge is 0.0619 e. The van der Waals surface area contributed by atoms with Crippen molar-refractivity contribution >= 4 is 75.1 Å².